The van der Waals surface area contributed by atoms with E-state index in [2.05, 4.69) is 10.1 Å². The molecule has 0 saturated carbocycles. The first-order valence-electron chi connectivity index (χ1n) is 4.55. The molecule has 0 aromatic carbocycles. The number of nitrogens with two attached hydrogens (primary N) is 1. The van der Waals surface area contributed by atoms with Crippen LogP contribution in [0.15, 0.2) is 24.5 Å². The molecule has 2 aromatic heterocycles. The van der Waals surface area contributed by atoms with Gasteiger partial charge in [0.25, 0.3) is 0 Å². The van der Waals surface area contributed by atoms with Crippen molar-refractivity contribution >= 4 is 17.4 Å². The van der Waals surface area contributed by atoms with E-state index in [1.807, 2.05) is 25.3 Å². The van der Waals surface area contributed by atoms with Gasteiger partial charge >= 0.3 is 0 Å². The lowest BCUT2D eigenvalue weighted by molar-refractivity contribution is 0.688. The van der Waals surface area contributed by atoms with Gasteiger partial charge in [-0.05, 0) is 18.6 Å². The van der Waals surface area contributed by atoms with Crippen LogP contribution in [0.2, 0.25) is 5.02 Å². The standard InChI is InChI=1S/C10H11ClN4/c1-7-2-3-8(4-13-7)5-15-6-9(11)10(12)14-15/h2-4,6H,5H2,1H3,(H2,12,14). The molecule has 0 atom stereocenters. The number of nitrogens with zero attached hydrogens (tertiary/aromatic N) is 3. The molecule has 0 bridgehead atoms. The summed E-state index contributed by atoms with van der Waals surface area (Å²) in [6, 6.07) is 3.97. The molecule has 2 aromatic rings. The summed E-state index contributed by atoms with van der Waals surface area (Å²) < 4.78 is 1.70. The number of aryl methyl sites for hydroxylation is 1. The molecule has 0 saturated heterocycles. The van der Waals surface area contributed by atoms with Gasteiger partial charge in [0.15, 0.2) is 5.82 Å². The molecule has 15 heavy (non-hydrogen) atoms. The summed E-state index contributed by atoms with van der Waals surface area (Å²) in [6.07, 6.45) is 3.53. The Morgan fingerprint density at radius 2 is 2.27 bits per heavy atom. The van der Waals surface area contributed by atoms with Gasteiger partial charge in [0, 0.05) is 18.1 Å². The van der Waals surface area contributed by atoms with Crippen LogP contribution in [0.25, 0.3) is 0 Å². The molecule has 4 nitrogen and oxygen atoms in total. The lowest BCUT2D eigenvalue weighted by Crippen LogP contribution is -2.01. The Balaban J connectivity index is 2.18. The van der Waals surface area contributed by atoms with Gasteiger partial charge in [0.05, 0.1) is 6.54 Å². The summed E-state index contributed by atoms with van der Waals surface area (Å²) >= 11 is 5.80. The van der Waals surface area contributed by atoms with Crippen molar-refractivity contribution in [2.24, 2.45) is 0 Å². The van der Waals surface area contributed by atoms with E-state index in [1.165, 1.54) is 0 Å². The maximum Gasteiger partial charge on any atom is 0.164 e. The third kappa shape index (κ3) is 2.27. The normalized spacial score (nSPS) is 10.5. The molecule has 0 aliphatic carbocycles. The summed E-state index contributed by atoms with van der Waals surface area (Å²) in [4.78, 5) is 4.20. The molecular weight excluding hydrogens is 212 g/mol. The average Bonchev–Trinajstić information content (AvgIpc) is 2.50. The summed E-state index contributed by atoms with van der Waals surface area (Å²) in [5, 5.41) is 4.54. The summed E-state index contributed by atoms with van der Waals surface area (Å²) in [7, 11) is 0. The molecule has 0 spiro atoms. The number of pyridine rings is 1. The van der Waals surface area contributed by atoms with Crippen molar-refractivity contribution in [1.29, 1.82) is 0 Å². The van der Waals surface area contributed by atoms with Crippen LogP contribution in [0.5, 0.6) is 0 Å². The van der Waals surface area contributed by atoms with Gasteiger partial charge in [-0.3, -0.25) is 9.67 Å². The van der Waals surface area contributed by atoms with Gasteiger partial charge in [-0.15, -0.1) is 0 Å². The first kappa shape index (κ1) is 9.98. The highest BCUT2D eigenvalue weighted by Gasteiger charge is 2.03. The fourth-order valence-electron chi connectivity index (χ4n) is 1.27. The molecule has 0 radical (unpaired) electrons. The van der Waals surface area contributed by atoms with E-state index in [1.54, 1.807) is 10.9 Å². The fraction of sp³-hybridized carbons (Fsp3) is 0.200. The maximum atomic E-state index is 5.80. The van der Waals surface area contributed by atoms with Crippen LogP contribution in [-0.4, -0.2) is 14.8 Å². The van der Waals surface area contributed by atoms with Gasteiger partial charge in [-0.25, -0.2) is 0 Å². The predicted octanol–water partition coefficient (Wildman–Crippen LogP) is 1.87. The zero-order valence-corrected chi connectivity index (χ0v) is 9.07. The molecular formula is C10H11ClN4. The van der Waals surface area contributed by atoms with Crippen LogP contribution in [0.4, 0.5) is 5.82 Å². The number of rotatable bonds is 2. The van der Waals surface area contributed by atoms with Crippen molar-refractivity contribution in [3.8, 4) is 0 Å². The third-order valence-corrected chi connectivity index (χ3v) is 2.35. The Hall–Kier alpha value is -1.55. The number of hydrogen-bond donors (Lipinski definition) is 1. The zero-order chi connectivity index (χ0) is 10.8. The van der Waals surface area contributed by atoms with Gasteiger partial charge in [0.2, 0.25) is 0 Å². The van der Waals surface area contributed by atoms with Crippen molar-refractivity contribution in [2.75, 3.05) is 5.73 Å². The highest BCUT2D eigenvalue weighted by Crippen LogP contribution is 2.15. The van der Waals surface area contributed by atoms with Crippen LogP contribution in [0, 0.1) is 6.92 Å². The van der Waals surface area contributed by atoms with Gasteiger partial charge in [-0.2, -0.15) is 5.10 Å². The van der Waals surface area contributed by atoms with Gasteiger partial charge < -0.3 is 5.73 Å². The lowest BCUT2D eigenvalue weighted by Gasteiger charge is -2.01. The summed E-state index contributed by atoms with van der Waals surface area (Å²) in [5.74, 6) is 0.358. The Kier molecular flexibility index (Phi) is 2.60. The first-order valence-corrected chi connectivity index (χ1v) is 4.93. The van der Waals surface area contributed by atoms with E-state index in [0.29, 0.717) is 17.4 Å². The van der Waals surface area contributed by atoms with E-state index in [9.17, 15) is 0 Å². The zero-order valence-electron chi connectivity index (χ0n) is 8.31. The summed E-state index contributed by atoms with van der Waals surface area (Å²) in [5.41, 5.74) is 7.61. The Bertz CT molecular complexity index is 441. The Morgan fingerprint density at radius 1 is 1.47 bits per heavy atom. The van der Waals surface area contributed by atoms with Crippen molar-refractivity contribution in [3.05, 3.63) is 40.8 Å². The van der Waals surface area contributed by atoms with Crippen molar-refractivity contribution < 1.29 is 0 Å². The molecule has 78 valence electrons. The number of aromatic nitrogens is 3. The van der Waals surface area contributed by atoms with Crippen molar-refractivity contribution in [1.82, 2.24) is 14.8 Å². The van der Waals surface area contributed by atoms with Crippen LogP contribution >= 0.6 is 11.6 Å². The second-order valence-corrected chi connectivity index (χ2v) is 3.77. The molecule has 0 amide bonds. The molecule has 2 heterocycles. The largest absolute Gasteiger partial charge is 0.381 e. The minimum absolute atomic E-state index is 0.358. The smallest absolute Gasteiger partial charge is 0.164 e. The molecule has 2 N–H and O–H groups in total. The van der Waals surface area contributed by atoms with Gasteiger partial charge in [0.1, 0.15) is 5.02 Å². The molecule has 5 heteroatoms. The molecule has 0 aliphatic heterocycles. The van der Waals surface area contributed by atoms with Crippen LogP contribution < -0.4 is 5.73 Å². The number of nitrogen functional groups attached to an aromatic ring is 1. The number of halogens is 1. The lowest BCUT2D eigenvalue weighted by atomic mass is 10.2. The quantitative estimate of drug-likeness (QED) is 0.844. The number of anilines is 1. The second-order valence-electron chi connectivity index (χ2n) is 3.37. The Labute approximate surface area is 92.7 Å². The first-order chi connectivity index (χ1) is 7.15. The van der Waals surface area contributed by atoms with Crippen LogP contribution in [0.3, 0.4) is 0 Å². The topological polar surface area (TPSA) is 56.7 Å². The van der Waals surface area contributed by atoms with E-state index < -0.39 is 0 Å². The average molecular weight is 223 g/mol. The minimum atomic E-state index is 0.358. The van der Waals surface area contributed by atoms with E-state index in [0.717, 1.165) is 11.3 Å². The Morgan fingerprint density at radius 3 is 2.80 bits per heavy atom. The third-order valence-electron chi connectivity index (χ3n) is 2.06. The highest BCUT2D eigenvalue weighted by molar-refractivity contribution is 6.32. The fourth-order valence-corrected chi connectivity index (χ4v) is 1.42. The van der Waals surface area contributed by atoms with E-state index in [-0.39, 0.29) is 0 Å². The second kappa shape index (κ2) is 3.90. The van der Waals surface area contributed by atoms with Crippen LogP contribution in [0.1, 0.15) is 11.3 Å². The highest BCUT2D eigenvalue weighted by atomic mass is 35.5. The number of hydrogen-bond acceptors (Lipinski definition) is 3. The van der Waals surface area contributed by atoms with Crippen molar-refractivity contribution in [3.63, 3.8) is 0 Å². The SMILES string of the molecule is Cc1ccc(Cn2cc(Cl)c(N)n2)cn1. The maximum absolute atomic E-state index is 5.80. The van der Waals surface area contributed by atoms with Gasteiger partial charge in [-0.1, -0.05) is 17.7 Å². The van der Waals surface area contributed by atoms with E-state index >= 15 is 0 Å². The molecule has 2 rings (SSSR count). The predicted molar refractivity (Wildman–Crippen MR) is 59.7 cm³/mol. The molecule has 0 unspecified atom stereocenters. The minimum Gasteiger partial charge on any atom is -0.381 e. The van der Waals surface area contributed by atoms with Crippen LogP contribution in [-0.2, 0) is 6.54 Å². The monoisotopic (exact) mass is 222 g/mol. The molecule has 0 fully saturated rings. The van der Waals surface area contributed by atoms with Crippen molar-refractivity contribution in [2.45, 2.75) is 13.5 Å². The summed E-state index contributed by atoms with van der Waals surface area (Å²) in [6.45, 7) is 2.58. The molecule has 0 aliphatic rings. The van der Waals surface area contributed by atoms with E-state index in [4.69, 9.17) is 17.3 Å².